The monoisotopic (exact) mass is 474 g/mol. The number of nitrogens with two attached hydrogens (primary N) is 1. The highest BCUT2D eigenvalue weighted by Crippen LogP contribution is 2.20. The number of benzene rings is 1. The predicted molar refractivity (Wildman–Crippen MR) is 140 cm³/mol. The van der Waals surface area contributed by atoms with Gasteiger partial charge in [0.15, 0.2) is 0 Å². The van der Waals surface area contributed by atoms with Crippen LogP contribution in [0, 0.1) is 22.7 Å². The number of aromatic hydroxyl groups is 1. The molecule has 3 rings (SSSR count). The lowest BCUT2D eigenvalue weighted by molar-refractivity contribution is 0.342. The van der Waals surface area contributed by atoms with E-state index < -0.39 is 0 Å². The van der Waals surface area contributed by atoms with Gasteiger partial charge in [0, 0.05) is 37.9 Å². The van der Waals surface area contributed by atoms with Crippen molar-refractivity contribution in [1.82, 2.24) is 19.8 Å². The van der Waals surface area contributed by atoms with E-state index in [1.807, 2.05) is 11.0 Å². The molecule has 0 atom stereocenters. The van der Waals surface area contributed by atoms with Gasteiger partial charge in [-0.3, -0.25) is 10.3 Å². The van der Waals surface area contributed by atoms with Crippen molar-refractivity contribution in [3.8, 4) is 17.6 Å². The summed E-state index contributed by atoms with van der Waals surface area (Å²) in [6.07, 6.45) is 4.13. The number of phenols is 1. The summed E-state index contributed by atoms with van der Waals surface area (Å²) in [5.74, 6) is 7.49. The highest BCUT2D eigenvalue weighted by molar-refractivity contribution is 6.12. The van der Waals surface area contributed by atoms with Gasteiger partial charge in [-0.2, -0.15) is 0 Å². The van der Waals surface area contributed by atoms with E-state index in [-0.39, 0.29) is 17.3 Å². The molecular weight excluding hydrogens is 440 g/mol. The van der Waals surface area contributed by atoms with Crippen molar-refractivity contribution in [1.29, 1.82) is 10.8 Å². The van der Waals surface area contributed by atoms with Crippen LogP contribution in [0.15, 0.2) is 48.3 Å². The van der Waals surface area contributed by atoms with E-state index in [4.69, 9.17) is 16.6 Å². The first-order chi connectivity index (χ1) is 16.9. The number of nitrogens with one attached hydrogen (secondary N) is 2. The molecule has 2 aromatic rings. The Morgan fingerprint density at radius 2 is 1.91 bits per heavy atom. The zero-order valence-corrected chi connectivity index (χ0v) is 20.5. The smallest absolute Gasteiger partial charge is 0.206 e. The van der Waals surface area contributed by atoms with Crippen LogP contribution in [0.25, 0.3) is 0 Å². The largest absolute Gasteiger partial charge is 0.507 e. The van der Waals surface area contributed by atoms with Crippen molar-refractivity contribution in [3.05, 3.63) is 59.7 Å². The lowest BCUT2D eigenvalue weighted by Gasteiger charge is -2.26. The molecule has 9 nitrogen and oxygen atoms in total. The zero-order chi connectivity index (χ0) is 25.2. The summed E-state index contributed by atoms with van der Waals surface area (Å²) in [5.41, 5.74) is 6.89. The van der Waals surface area contributed by atoms with E-state index in [1.165, 1.54) is 0 Å². The summed E-state index contributed by atoms with van der Waals surface area (Å²) in [4.78, 5) is 15.4. The minimum absolute atomic E-state index is 0.0263. The number of allylic oxidation sites excluding steroid dienone is 1. The van der Waals surface area contributed by atoms with Gasteiger partial charge in [0.2, 0.25) is 5.82 Å². The van der Waals surface area contributed by atoms with Crippen LogP contribution in [0.5, 0.6) is 5.75 Å². The number of amidine groups is 1. The number of hydrogen-bond acceptors (Lipinski definition) is 8. The molecule has 1 saturated heterocycles. The molecule has 0 amide bonds. The van der Waals surface area contributed by atoms with Crippen LogP contribution < -0.4 is 10.6 Å². The third kappa shape index (κ3) is 7.04. The average molecular weight is 475 g/mol. The molecule has 0 spiro atoms. The summed E-state index contributed by atoms with van der Waals surface area (Å²) in [5, 5.41) is 26.6. The summed E-state index contributed by atoms with van der Waals surface area (Å²) >= 11 is 0. The van der Waals surface area contributed by atoms with Crippen LogP contribution in [0.3, 0.4) is 0 Å². The number of nitrogens with zero attached hydrogens (tertiary/aromatic N) is 5. The Labute approximate surface area is 207 Å². The van der Waals surface area contributed by atoms with Crippen molar-refractivity contribution < 1.29 is 5.11 Å². The van der Waals surface area contributed by atoms with Gasteiger partial charge < -0.3 is 26.0 Å². The molecule has 1 aliphatic heterocycles. The third-order valence-electron chi connectivity index (χ3n) is 5.95. The Morgan fingerprint density at radius 3 is 2.63 bits per heavy atom. The van der Waals surface area contributed by atoms with Gasteiger partial charge in [-0.05, 0) is 49.7 Å². The second kappa shape index (κ2) is 12.5. The summed E-state index contributed by atoms with van der Waals surface area (Å²) < 4.78 is 0. The fourth-order valence-electron chi connectivity index (χ4n) is 3.91. The van der Waals surface area contributed by atoms with E-state index >= 15 is 0 Å². The molecule has 0 saturated carbocycles. The molecule has 35 heavy (non-hydrogen) atoms. The summed E-state index contributed by atoms with van der Waals surface area (Å²) in [7, 11) is 0. The number of anilines is 1. The van der Waals surface area contributed by atoms with Crippen LogP contribution in [0.2, 0.25) is 0 Å². The highest BCUT2D eigenvalue weighted by Gasteiger charge is 2.20. The summed E-state index contributed by atoms with van der Waals surface area (Å²) in [6.45, 7) is 9.62. The maximum Gasteiger partial charge on any atom is 0.206 e. The normalized spacial score (nSPS) is 14.3. The first-order valence-electron chi connectivity index (χ1n) is 11.9. The summed E-state index contributed by atoms with van der Waals surface area (Å²) in [6, 6.07) is 8.58. The molecular formula is C26H34N8O. The molecule has 184 valence electrons. The first-order valence-corrected chi connectivity index (χ1v) is 11.9. The van der Waals surface area contributed by atoms with Crippen molar-refractivity contribution in [2.45, 2.75) is 20.3 Å². The minimum atomic E-state index is -0.105. The maximum atomic E-state index is 10.1. The molecule has 1 fully saturated rings. The van der Waals surface area contributed by atoms with Crippen LogP contribution in [0.4, 0.5) is 5.82 Å². The Morgan fingerprint density at radius 1 is 1.14 bits per heavy atom. The Kier molecular flexibility index (Phi) is 9.21. The minimum Gasteiger partial charge on any atom is -0.507 e. The van der Waals surface area contributed by atoms with Gasteiger partial charge >= 0.3 is 0 Å². The van der Waals surface area contributed by atoms with E-state index in [9.17, 15) is 5.11 Å². The van der Waals surface area contributed by atoms with Gasteiger partial charge in [-0.1, -0.05) is 31.9 Å². The van der Waals surface area contributed by atoms with Gasteiger partial charge in [0.1, 0.15) is 17.4 Å². The van der Waals surface area contributed by atoms with Crippen LogP contribution in [-0.4, -0.2) is 82.2 Å². The number of rotatable bonds is 8. The lowest BCUT2D eigenvalue weighted by atomic mass is 10.1. The quantitative estimate of drug-likeness (QED) is 0.262. The first kappa shape index (κ1) is 25.7. The number of phenolic OH excluding ortho intramolecular Hbond substituents is 1. The molecule has 1 aliphatic rings. The second-order valence-electron chi connectivity index (χ2n) is 8.20. The SMILES string of the molecule is CCN(CC)CC#Cc1nccc(N2CCCN(/C(=C/C(=N)c3ccccc3O)C(=N)N)CC2)n1. The van der Waals surface area contributed by atoms with Crippen molar-refractivity contribution in [2.24, 2.45) is 5.73 Å². The molecule has 5 N–H and O–H groups in total. The highest BCUT2D eigenvalue weighted by atomic mass is 16.3. The molecule has 0 unspecified atom stereocenters. The zero-order valence-electron chi connectivity index (χ0n) is 20.5. The van der Waals surface area contributed by atoms with Gasteiger partial charge in [0.25, 0.3) is 0 Å². The Hall–Kier alpha value is -3.90. The molecule has 2 heterocycles. The van der Waals surface area contributed by atoms with E-state index in [2.05, 4.69) is 45.5 Å². The van der Waals surface area contributed by atoms with Gasteiger partial charge in [-0.15, -0.1) is 0 Å². The fraction of sp³-hybridized carbons (Fsp3) is 0.385. The van der Waals surface area contributed by atoms with Crippen LogP contribution in [-0.2, 0) is 0 Å². The van der Waals surface area contributed by atoms with E-state index in [0.29, 0.717) is 43.3 Å². The molecule has 0 aliphatic carbocycles. The van der Waals surface area contributed by atoms with Gasteiger partial charge in [0.05, 0.1) is 18.0 Å². The van der Waals surface area contributed by atoms with E-state index in [0.717, 1.165) is 31.9 Å². The molecule has 1 aromatic heterocycles. The number of para-hydroxylation sites is 1. The Bertz CT molecular complexity index is 1130. The fourth-order valence-corrected chi connectivity index (χ4v) is 3.91. The van der Waals surface area contributed by atoms with Crippen LogP contribution >= 0.6 is 0 Å². The van der Waals surface area contributed by atoms with Crippen molar-refractivity contribution >= 4 is 17.4 Å². The van der Waals surface area contributed by atoms with Crippen LogP contribution in [0.1, 0.15) is 31.7 Å². The second-order valence-corrected chi connectivity index (χ2v) is 8.20. The standard InChI is InChI=1S/C26H34N8O/c1-3-32(4-2)14-7-11-24-30-13-12-25(31-24)34-16-8-15-33(17-18-34)22(26(28)29)19-21(27)20-9-5-6-10-23(20)35/h5-6,9-10,12-13,19,27,35H,3-4,8,14-18H2,1-2H3,(H3,28,29)/b22-19+,27-21?. The molecule has 9 heteroatoms. The Balaban J connectivity index is 1.71. The molecule has 0 bridgehead atoms. The average Bonchev–Trinajstić information content (AvgIpc) is 3.11. The number of aromatic nitrogens is 2. The van der Waals surface area contributed by atoms with Gasteiger partial charge in [-0.25, -0.2) is 9.97 Å². The van der Waals surface area contributed by atoms with Crippen molar-refractivity contribution in [2.75, 3.05) is 50.7 Å². The molecule has 0 radical (unpaired) electrons. The lowest BCUT2D eigenvalue weighted by Crippen LogP contribution is -2.35. The third-order valence-corrected chi connectivity index (χ3v) is 5.95. The maximum absolute atomic E-state index is 10.1. The molecule has 1 aromatic carbocycles. The van der Waals surface area contributed by atoms with Crippen molar-refractivity contribution in [3.63, 3.8) is 0 Å². The number of hydrogen-bond donors (Lipinski definition) is 4. The van der Waals surface area contributed by atoms with E-state index in [1.54, 1.807) is 36.5 Å². The topological polar surface area (TPSA) is 129 Å². The predicted octanol–water partition coefficient (Wildman–Crippen LogP) is 2.28.